The highest BCUT2D eigenvalue weighted by atomic mass is 35.5. The maximum absolute atomic E-state index is 12.9. The molecule has 150 valence electrons. The van der Waals surface area contributed by atoms with Gasteiger partial charge in [-0.3, -0.25) is 4.79 Å². The van der Waals surface area contributed by atoms with Gasteiger partial charge in [-0.1, -0.05) is 41.9 Å². The molecule has 1 fully saturated rings. The number of rotatable bonds is 8. The predicted molar refractivity (Wildman–Crippen MR) is 109 cm³/mol. The summed E-state index contributed by atoms with van der Waals surface area (Å²) in [5.74, 6) is -0.338. The van der Waals surface area contributed by atoms with Crippen molar-refractivity contribution in [3.63, 3.8) is 0 Å². The van der Waals surface area contributed by atoms with E-state index in [4.69, 9.17) is 11.6 Å². The highest BCUT2D eigenvalue weighted by Gasteiger charge is 2.30. The first-order valence-electron chi connectivity index (χ1n) is 9.23. The molecule has 1 amide bonds. The minimum absolute atomic E-state index is 0.0379. The van der Waals surface area contributed by atoms with Gasteiger partial charge in [0.25, 0.3) is 5.91 Å². The first-order chi connectivity index (χ1) is 13.3. The van der Waals surface area contributed by atoms with Crippen LogP contribution in [0.4, 0.5) is 0 Å². The summed E-state index contributed by atoms with van der Waals surface area (Å²) in [6.45, 7) is 0.692. The summed E-state index contributed by atoms with van der Waals surface area (Å²) in [5, 5.41) is 3.11. The van der Waals surface area contributed by atoms with Crippen LogP contribution in [0.25, 0.3) is 0 Å². The van der Waals surface area contributed by atoms with Crippen molar-refractivity contribution < 1.29 is 18.1 Å². The maximum atomic E-state index is 12.9. The minimum atomic E-state index is -3.75. The zero-order chi connectivity index (χ0) is 20.3. The highest BCUT2D eigenvalue weighted by Crippen LogP contribution is 2.27. The van der Waals surface area contributed by atoms with Crippen LogP contribution in [0, 0.1) is 0 Å². The molecule has 0 aliphatic heterocycles. The molecule has 2 aromatic rings. The fourth-order valence-electron chi connectivity index (χ4n) is 2.92. The van der Waals surface area contributed by atoms with Gasteiger partial charge in [0.2, 0.25) is 10.0 Å². The molecule has 0 unspecified atom stereocenters. The molecule has 1 saturated carbocycles. The van der Waals surface area contributed by atoms with E-state index in [2.05, 4.69) is 10.0 Å². The number of halogens is 1. The number of carbonyl (C=O) groups is 1. The lowest BCUT2D eigenvalue weighted by atomic mass is 10.1. The zero-order valence-corrected chi connectivity index (χ0v) is 17.5. The van der Waals surface area contributed by atoms with Crippen LogP contribution >= 0.6 is 11.6 Å². The van der Waals surface area contributed by atoms with E-state index < -0.39 is 10.0 Å². The molecule has 8 heteroatoms. The Bertz CT molecular complexity index is 944. The van der Waals surface area contributed by atoms with Crippen LogP contribution in [0.5, 0.6) is 0 Å². The molecule has 28 heavy (non-hydrogen) atoms. The summed E-state index contributed by atoms with van der Waals surface area (Å²) in [6.07, 6.45) is 1.64. The number of hydrogen-bond acceptors (Lipinski definition) is 3. The molecule has 0 bridgehead atoms. The second-order valence-electron chi connectivity index (χ2n) is 7.39. The summed E-state index contributed by atoms with van der Waals surface area (Å²) < 4.78 is 27.7. The predicted octanol–water partition coefficient (Wildman–Crippen LogP) is 1.40. The van der Waals surface area contributed by atoms with E-state index >= 15 is 0 Å². The molecule has 2 aromatic carbocycles. The third-order valence-electron chi connectivity index (χ3n) is 4.50. The molecule has 0 aromatic heterocycles. The van der Waals surface area contributed by atoms with Crippen LogP contribution < -0.4 is 14.9 Å². The number of benzene rings is 2. The Morgan fingerprint density at radius 1 is 1.18 bits per heavy atom. The number of hydrogen-bond donors (Lipinski definition) is 3. The molecule has 0 heterocycles. The molecule has 1 aliphatic carbocycles. The van der Waals surface area contributed by atoms with E-state index in [0.29, 0.717) is 6.54 Å². The highest BCUT2D eigenvalue weighted by molar-refractivity contribution is 7.89. The second kappa shape index (κ2) is 8.61. The number of likely N-dealkylation sites (N-methyl/N-ethyl adjacent to an activating group) is 1. The quantitative estimate of drug-likeness (QED) is 0.601. The van der Waals surface area contributed by atoms with Crippen LogP contribution in [-0.4, -0.2) is 41.0 Å². The lowest BCUT2D eigenvalue weighted by molar-refractivity contribution is -0.860. The molecule has 1 atom stereocenters. The van der Waals surface area contributed by atoms with E-state index in [9.17, 15) is 13.2 Å². The monoisotopic (exact) mass is 422 g/mol. The minimum Gasteiger partial charge on any atom is -0.340 e. The summed E-state index contributed by atoms with van der Waals surface area (Å²) >= 11 is 6.11. The fraction of sp³-hybridized carbons (Fsp3) is 0.350. The number of quaternary nitrogens is 1. The van der Waals surface area contributed by atoms with Gasteiger partial charge in [-0.2, -0.15) is 0 Å². The SMILES string of the molecule is C[NH+](C)C[C@H](NC(=O)c1ccc(Cl)c(S(=O)(=O)NC2CC2)c1)c1ccccc1. The van der Waals surface area contributed by atoms with Gasteiger partial charge in [0, 0.05) is 11.6 Å². The van der Waals surface area contributed by atoms with Gasteiger partial charge in [-0.15, -0.1) is 0 Å². The van der Waals surface area contributed by atoms with Crippen molar-refractivity contribution in [2.45, 2.75) is 29.8 Å². The van der Waals surface area contributed by atoms with Crippen molar-refractivity contribution in [2.24, 2.45) is 0 Å². The largest absolute Gasteiger partial charge is 0.340 e. The summed E-state index contributed by atoms with van der Waals surface area (Å²) in [4.78, 5) is 14.0. The van der Waals surface area contributed by atoms with Crippen LogP contribution in [0.1, 0.15) is 34.8 Å². The van der Waals surface area contributed by atoms with Crippen LogP contribution in [-0.2, 0) is 10.0 Å². The van der Waals surface area contributed by atoms with Crippen molar-refractivity contribution in [2.75, 3.05) is 20.6 Å². The number of nitrogens with one attached hydrogen (secondary N) is 3. The first kappa shape index (κ1) is 20.8. The van der Waals surface area contributed by atoms with Gasteiger partial charge in [-0.05, 0) is 36.6 Å². The molecular formula is C20H25ClN3O3S+. The van der Waals surface area contributed by atoms with Gasteiger partial charge in [0.05, 0.1) is 19.1 Å². The average molecular weight is 423 g/mol. The van der Waals surface area contributed by atoms with Gasteiger partial charge in [0.15, 0.2) is 0 Å². The average Bonchev–Trinajstić information content (AvgIpc) is 3.45. The summed E-state index contributed by atoms with van der Waals surface area (Å²) in [6, 6.07) is 13.8. The van der Waals surface area contributed by atoms with E-state index in [1.165, 1.54) is 17.0 Å². The van der Waals surface area contributed by atoms with Crippen LogP contribution in [0.2, 0.25) is 5.02 Å². The Hall–Kier alpha value is -1.93. The van der Waals surface area contributed by atoms with Gasteiger partial charge in [0.1, 0.15) is 17.5 Å². The third kappa shape index (κ3) is 5.32. The number of sulfonamides is 1. The Balaban J connectivity index is 1.83. The summed E-state index contributed by atoms with van der Waals surface area (Å²) in [5.41, 5.74) is 1.25. The van der Waals surface area contributed by atoms with E-state index in [1.807, 2.05) is 44.4 Å². The van der Waals surface area contributed by atoms with Crippen molar-refractivity contribution in [3.05, 3.63) is 64.7 Å². The molecule has 1 aliphatic rings. The molecule has 0 spiro atoms. The fourth-order valence-corrected chi connectivity index (χ4v) is 4.75. The molecule has 3 N–H and O–H groups in total. The Morgan fingerprint density at radius 3 is 2.46 bits per heavy atom. The Morgan fingerprint density at radius 2 is 1.86 bits per heavy atom. The van der Waals surface area contributed by atoms with Gasteiger partial charge >= 0.3 is 0 Å². The topological polar surface area (TPSA) is 79.7 Å². The van der Waals surface area contributed by atoms with Crippen molar-refractivity contribution in [3.8, 4) is 0 Å². The van der Waals surface area contributed by atoms with Gasteiger partial charge in [-0.25, -0.2) is 13.1 Å². The summed E-state index contributed by atoms with van der Waals surface area (Å²) in [7, 11) is 0.276. The molecular weight excluding hydrogens is 398 g/mol. The smallest absolute Gasteiger partial charge is 0.252 e. The lowest BCUT2D eigenvalue weighted by Crippen LogP contribution is -3.06. The number of carbonyl (C=O) groups excluding carboxylic acids is 1. The first-order valence-corrected chi connectivity index (χ1v) is 11.1. The van der Waals surface area contributed by atoms with Crippen molar-refractivity contribution >= 4 is 27.5 Å². The lowest BCUT2D eigenvalue weighted by Gasteiger charge is -2.21. The Labute approximate surface area is 170 Å². The van der Waals surface area contributed by atoms with E-state index in [1.54, 1.807) is 6.07 Å². The molecule has 3 rings (SSSR count). The number of amides is 1. The van der Waals surface area contributed by atoms with Crippen LogP contribution in [0.3, 0.4) is 0 Å². The molecule has 6 nitrogen and oxygen atoms in total. The molecule has 0 radical (unpaired) electrons. The second-order valence-corrected chi connectivity index (χ2v) is 9.48. The normalized spacial score (nSPS) is 15.4. The standard InChI is InChI=1S/C20H24ClN3O3S/c1-24(2)13-18(14-6-4-3-5-7-14)22-20(25)15-8-11-17(21)19(12-15)28(26,27)23-16-9-10-16/h3-8,11-12,16,18,23H,9-10,13H2,1-2H3,(H,22,25)/p+1/t18-/m0/s1. The van der Waals surface area contributed by atoms with Crippen LogP contribution in [0.15, 0.2) is 53.4 Å². The van der Waals surface area contributed by atoms with Gasteiger partial charge < -0.3 is 10.2 Å². The zero-order valence-electron chi connectivity index (χ0n) is 15.9. The van der Waals surface area contributed by atoms with Crippen molar-refractivity contribution in [1.29, 1.82) is 0 Å². The molecule has 0 saturated heterocycles. The third-order valence-corrected chi connectivity index (χ3v) is 6.50. The van der Waals surface area contributed by atoms with E-state index in [0.717, 1.165) is 18.4 Å². The maximum Gasteiger partial charge on any atom is 0.252 e. The Kier molecular flexibility index (Phi) is 6.40. The van der Waals surface area contributed by atoms with Crippen molar-refractivity contribution in [1.82, 2.24) is 10.0 Å². The van der Waals surface area contributed by atoms with E-state index in [-0.39, 0.29) is 33.5 Å².